The minimum absolute atomic E-state index is 0. The molecule has 2 heterocycles. The molecule has 0 bridgehead atoms. The second-order valence-corrected chi connectivity index (χ2v) is 5.52. The highest BCUT2D eigenvalue weighted by atomic mass is 35.5. The molecule has 2 aromatic rings. The number of nitrogens with zero attached hydrogens (tertiary/aromatic N) is 3. The molecule has 0 saturated carbocycles. The molecule has 1 amide bonds. The van der Waals surface area contributed by atoms with Gasteiger partial charge in [0.2, 0.25) is 5.91 Å². The van der Waals surface area contributed by atoms with Crippen LogP contribution in [0.3, 0.4) is 0 Å². The van der Waals surface area contributed by atoms with E-state index in [4.69, 9.17) is 5.73 Å². The van der Waals surface area contributed by atoms with Gasteiger partial charge in [-0.25, -0.2) is 0 Å². The minimum Gasteiger partial charge on any atom is -0.340 e. The zero-order valence-electron chi connectivity index (χ0n) is 12.7. The maximum atomic E-state index is 12.4. The van der Waals surface area contributed by atoms with Gasteiger partial charge in [0.15, 0.2) is 0 Å². The molecule has 1 aromatic heterocycles. The Balaban J connectivity index is 0.00000132. The van der Waals surface area contributed by atoms with Crippen molar-refractivity contribution >= 4 is 30.7 Å². The molecule has 126 valence electrons. The van der Waals surface area contributed by atoms with Gasteiger partial charge < -0.3 is 10.6 Å². The zero-order valence-corrected chi connectivity index (χ0v) is 14.4. The molecule has 1 fully saturated rings. The predicted octanol–water partition coefficient (Wildman–Crippen LogP) is 1.93. The Bertz CT molecular complexity index is 591. The van der Waals surface area contributed by atoms with E-state index in [1.807, 2.05) is 35.4 Å². The summed E-state index contributed by atoms with van der Waals surface area (Å²) >= 11 is 0. The molecule has 2 N–H and O–H groups in total. The highest BCUT2D eigenvalue weighted by molar-refractivity contribution is 5.85. The van der Waals surface area contributed by atoms with Crippen LogP contribution in [-0.2, 0) is 11.3 Å². The van der Waals surface area contributed by atoms with E-state index in [2.05, 4.69) is 17.2 Å². The average molecular weight is 357 g/mol. The summed E-state index contributed by atoms with van der Waals surface area (Å²) in [6.07, 6.45) is 3.50. The first kappa shape index (κ1) is 19.5. The molecule has 0 aliphatic carbocycles. The number of rotatable bonds is 4. The molecule has 1 aromatic carbocycles. The van der Waals surface area contributed by atoms with Gasteiger partial charge >= 0.3 is 0 Å². The van der Waals surface area contributed by atoms with Crippen LogP contribution in [0.5, 0.6) is 0 Å². The average Bonchev–Trinajstić information content (AvgIpc) is 3.17. The van der Waals surface area contributed by atoms with Crippen molar-refractivity contribution in [3.63, 3.8) is 0 Å². The Morgan fingerprint density at radius 2 is 1.91 bits per heavy atom. The monoisotopic (exact) mass is 356 g/mol. The van der Waals surface area contributed by atoms with Gasteiger partial charge in [0.05, 0.1) is 0 Å². The third-order valence-corrected chi connectivity index (χ3v) is 4.18. The molecule has 1 aliphatic rings. The maximum absolute atomic E-state index is 12.4. The van der Waals surface area contributed by atoms with Crippen molar-refractivity contribution in [1.82, 2.24) is 14.7 Å². The van der Waals surface area contributed by atoms with Crippen LogP contribution in [0.4, 0.5) is 0 Å². The van der Waals surface area contributed by atoms with Gasteiger partial charge in [-0.05, 0) is 24.1 Å². The second-order valence-electron chi connectivity index (χ2n) is 5.52. The number of amides is 1. The summed E-state index contributed by atoms with van der Waals surface area (Å²) in [6, 6.07) is 12.2. The summed E-state index contributed by atoms with van der Waals surface area (Å²) < 4.78 is 1.66. The van der Waals surface area contributed by atoms with Gasteiger partial charge in [0.1, 0.15) is 6.54 Å². The van der Waals surface area contributed by atoms with Crippen LogP contribution >= 0.6 is 24.8 Å². The number of likely N-dealkylation sites (tertiary alicyclic amines) is 1. The third-order valence-electron chi connectivity index (χ3n) is 4.18. The SMILES string of the molecule is Cl.Cl.NC[C@@H]1CN(C(=O)Cn2cccn2)C[C@H]1c1ccccc1. The van der Waals surface area contributed by atoms with Crippen molar-refractivity contribution < 1.29 is 4.79 Å². The standard InChI is InChI=1S/C16H20N4O.2ClH/c17-9-14-10-19(16(21)12-20-8-4-7-18-20)11-15(14)13-5-2-1-3-6-13;;/h1-8,14-15H,9-12,17H2;2*1H/t14-,15+;;/m1../s1. The van der Waals surface area contributed by atoms with E-state index < -0.39 is 0 Å². The molecule has 0 spiro atoms. The van der Waals surface area contributed by atoms with Crippen LogP contribution in [0.25, 0.3) is 0 Å². The van der Waals surface area contributed by atoms with Crippen molar-refractivity contribution in [2.75, 3.05) is 19.6 Å². The van der Waals surface area contributed by atoms with E-state index in [-0.39, 0.29) is 30.7 Å². The Morgan fingerprint density at radius 1 is 1.17 bits per heavy atom. The fourth-order valence-corrected chi connectivity index (χ4v) is 3.02. The summed E-state index contributed by atoms with van der Waals surface area (Å²) in [7, 11) is 0. The van der Waals surface area contributed by atoms with Gasteiger partial charge in [-0.2, -0.15) is 5.10 Å². The van der Waals surface area contributed by atoms with E-state index in [9.17, 15) is 4.79 Å². The zero-order chi connectivity index (χ0) is 14.7. The summed E-state index contributed by atoms with van der Waals surface area (Å²) in [5.74, 6) is 0.766. The van der Waals surface area contributed by atoms with E-state index in [0.717, 1.165) is 13.1 Å². The van der Waals surface area contributed by atoms with Gasteiger partial charge in [-0.15, -0.1) is 24.8 Å². The topological polar surface area (TPSA) is 64.2 Å². The van der Waals surface area contributed by atoms with Gasteiger partial charge in [0, 0.05) is 31.4 Å². The summed E-state index contributed by atoms with van der Waals surface area (Å²) in [4.78, 5) is 14.3. The summed E-state index contributed by atoms with van der Waals surface area (Å²) in [5, 5.41) is 4.09. The molecule has 7 heteroatoms. The number of halogens is 2. The van der Waals surface area contributed by atoms with Gasteiger partial charge in [0.25, 0.3) is 0 Å². The van der Waals surface area contributed by atoms with Gasteiger partial charge in [-0.3, -0.25) is 9.48 Å². The van der Waals surface area contributed by atoms with Crippen LogP contribution in [0, 0.1) is 5.92 Å². The van der Waals surface area contributed by atoms with E-state index in [1.165, 1.54) is 5.56 Å². The quantitative estimate of drug-likeness (QED) is 0.910. The second kappa shape index (κ2) is 8.91. The van der Waals surface area contributed by atoms with Crippen molar-refractivity contribution in [3.05, 3.63) is 54.4 Å². The molecule has 1 aliphatic heterocycles. The molecular weight excluding hydrogens is 335 g/mol. The molecule has 0 radical (unpaired) electrons. The summed E-state index contributed by atoms with van der Waals surface area (Å²) in [5.41, 5.74) is 7.17. The molecule has 2 atom stereocenters. The van der Waals surface area contributed by atoms with Crippen LogP contribution < -0.4 is 5.73 Å². The molecule has 3 rings (SSSR count). The fraction of sp³-hybridized carbons (Fsp3) is 0.375. The maximum Gasteiger partial charge on any atom is 0.244 e. The van der Waals surface area contributed by atoms with E-state index in [0.29, 0.717) is 24.9 Å². The largest absolute Gasteiger partial charge is 0.340 e. The lowest BCUT2D eigenvalue weighted by Crippen LogP contribution is -2.32. The highest BCUT2D eigenvalue weighted by Gasteiger charge is 2.35. The van der Waals surface area contributed by atoms with Gasteiger partial charge in [-0.1, -0.05) is 30.3 Å². The van der Waals surface area contributed by atoms with Crippen molar-refractivity contribution in [2.24, 2.45) is 11.7 Å². The molecular formula is C16H22Cl2N4O. The number of hydrogen-bond acceptors (Lipinski definition) is 3. The Morgan fingerprint density at radius 3 is 2.52 bits per heavy atom. The predicted molar refractivity (Wildman–Crippen MR) is 95.0 cm³/mol. The minimum atomic E-state index is 0. The Kier molecular flexibility index (Phi) is 7.55. The Hall–Kier alpha value is -1.56. The number of carbonyl (C=O) groups excluding carboxylic acids is 1. The van der Waals surface area contributed by atoms with Crippen molar-refractivity contribution in [3.8, 4) is 0 Å². The lowest BCUT2D eigenvalue weighted by atomic mass is 9.89. The van der Waals surface area contributed by atoms with Crippen molar-refractivity contribution in [1.29, 1.82) is 0 Å². The highest BCUT2D eigenvalue weighted by Crippen LogP contribution is 2.32. The number of benzene rings is 1. The van der Waals surface area contributed by atoms with Crippen LogP contribution in [0.2, 0.25) is 0 Å². The lowest BCUT2D eigenvalue weighted by molar-refractivity contribution is -0.131. The first-order valence-corrected chi connectivity index (χ1v) is 7.28. The number of hydrogen-bond donors (Lipinski definition) is 1. The summed E-state index contributed by atoms with van der Waals surface area (Å²) in [6.45, 7) is 2.37. The first-order chi connectivity index (χ1) is 10.3. The van der Waals surface area contributed by atoms with Crippen LogP contribution in [-0.4, -0.2) is 40.2 Å². The molecule has 1 saturated heterocycles. The number of carbonyl (C=O) groups is 1. The third kappa shape index (κ3) is 4.47. The molecule has 0 unspecified atom stereocenters. The fourth-order valence-electron chi connectivity index (χ4n) is 3.02. The van der Waals surface area contributed by atoms with E-state index >= 15 is 0 Å². The Labute approximate surface area is 148 Å². The first-order valence-electron chi connectivity index (χ1n) is 7.28. The van der Waals surface area contributed by atoms with Crippen LogP contribution in [0.15, 0.2) is 48.8 Å². The molecule has 5 nitrogen and oxygen atoms in total. The van der Waals surface area contributed by atoms with E-state index in [1.54, 1.807) is 10.9 Å². The lowest BCUT2D eigenvalue weighted by Gasteiger charge is -2.16. The van der Waals surface area contributed by atoms with Crippen molar-refractivity contribution in [2.45, 2.75) is 12.5 Å². The normalized spacial score (nSPS) is 19.8. The number of nitrogens with two attached hydrogens (primary N) is 1. The smallest absolute Gasteiger partial charge is 0.244 e. The number of aromatic nitrogens is 2. The molecule has 23 heavy (non-hydrogen) atoms. The van der Waals surface area contributed by atoms with Crippen LogP contribution in [0.1, 0.15) is 11.5 Å².